The highest BCUT2D eigenvalue weighted by atomic mass is 19.4. The molecule has 0 radical (unpaired) electrons. The van der Waals surface area contributed by atoms with E-state index < -0.39 is 11.7 Å². The molecule has 0 saturated carbocycles. The van der Waals surface area contributed by atoms with Gasteiger partial charge in [0, 0.05) is 0 Å². The molecule has 0 saturated heterocycles. The fourth-order valence-corrected chi connectivity index (χ4v) is 2.02. The molecule has 2 aromatic carbocycles. The molecule has 2 aromatic rings. The second kappa shape index (κ2) is 7.72. The normalized spacial score (nSPS) is 12.3. The van der Waals surface area contributed by atoms with Crippen molar-refractivity contribution in [3.63, 3.8) is 0 Å². The quantitative estimate of drug-likeness (QED) is 0.540. The van der Waals surface area contributed by atoms with Gasteiger partial charge in [0.05, 0.1) is 18.0 Å². The fraction of sp³-hybridized carbons (Fsp3) is 0.222. The molecule has 0 atom stereocenters. The zero-order chi connectivity index (χ0) is 16.7. The van der Waals surface area contributed by atoms with Crippen LogP contribution in [0.4, 0.5) is 13.2 Å². The molecule has 0 N–H and O–H groups in total. The average Bonchev–Trinajstić information content (AvgIpc) is 2.53. The Hall–Kier alpha value is -2.43. The van der Waals surface area contributed by atoms with Gasteiger partial charge in [-0.05, 0) is 35.2 Å². The summed E-state index contributed by atoms with van der Waals surface area (Å²) in [5, 5.41) is 7.76. The lowest BCUT2D eigenvalue weighted by molar-refractivity contribution is -0.137. The average molecular weight is 318 g/mol. The topological polar surface area (TPSA) is 24.7 Å². The zero-order valence-electron chi connectivity index (χ0n) is 12.7. The summed E-state index contributed by atoms with van der Waals surface area (Å²) in [6, 6.07) is 12.8. The third kappa shape index (κ3) is 5.36. The van der Waals surface area contributed by atoms with Crippen LogP contribution in [0.3, 0.4) is 0 Å². The van der Waals surface area contributed by atoms with Crippen molar-refractivity contribution in [1.29, 1.82) is 0 Å². The van der Waals surface area contributed by atoms with E-state index >= 15 is 0 Å². The van der Waals surface area contributed by atoms with Crippen LogP contribution in [-0.2, 0) is 12.6 Å². The number of benzene rings is 2. The molecule has 5 heteroatoms. The summed E-state index contributed by atoms with van der Waals surface area (Å²) in [6.45, 7) is 2.13. The number of aryl methyl sites for hydroxylation is 1. The molecule has 120 valence electrons. The van der Waals surface area contributed by atoms with Gasteiger partial charge in [-0.15, -0.1) is 0 Å². The van der Waals surface area contributed by atoms with Crippen LogP contribution in [0.15, 0.2) is 58.7 Å². The van der Waals surface area contributed by atoms with Crippen molar-refractivity contribution in [3.05, 3.63) is 70.8 Å². The van der Waals surface area contributed by atoms with Gasteiger partial charge >= 0.3 is 6.18 Å². The Bertz CT molecular complexity index is 669. The summed E-state index contributed by atoms with van der Waals surface area (Å²) < 4.78 is 37.3. The lowest BCUT2D eigenvalue weighted by Gasteiger charge is -2.05. The maximum atomic E-state index is 12.4. The van der Waals surface area contributed by atoms with Gasteiger partial charge in [0.15, 0.2) is 0 Å². The van der Waals surface area contributed by atoms with Crippen LogP contribution in [0.2, 0.25) is 0 Å². The van der Waals surface area contributed by atoms with Gasteiger partial charge in [-0.1, -0.05) is 49.7 Å². The van der Waals surface area contributed by atoms with Crippen molar-refractivity contribution in [2.75, 3.05) is 0 Å². The standard InChI is InChI=1S/C18H17F3N2/c1-2-3-14-4-6-15(7-5-14)12-22-23-13-16-8-10-17(11-9-16)18(19,20)21/h4-13H,2-3H2,1H3/b22-12+,23-13+. The number of hydrogen-bond acceptors (Lipinski definition) is 2. The Labute approximate surface area is 133 Å². The molecule has 0 bridgehead atoms. The third-order valence-corrected chi connectivity index (χ3v) is 3.24. The predicted molar refractivity (Wildman–Crippen MR) is 87.1 cm³/mol. The first kappa shape index (κ1) is 16.9. The first-order chi connectivity index (χ1) is 11.0. The molecule has 23 heavy (non-hydrogen) atoms. The summed E-state index contributed by atoms with van der Waals surface area (Å²) in [4.78, 5) is 0. The first-order valence-corrected chi connectivity index (χ1v) is 7.31. The van der Waals surface area contributed by atoms with E-state index in [9.17, 15) is 13.2 Å². The molecule has 0 spiro atoms. The monoisotopic (exact) mass is 318 g/mol. The Balaban J connectivity index is 1.95. The maximum absolute atomic E-state index is 12.4. The van der Waals surface area contributed by atoms with Crippen LogP contribution >= 0.6 is 0 Å². The van der Waals surface area contributed by atoms with Gasteiger partial charge in [0.1, 0.15) is 0 Å². The molecule has 0 fully saturated rings. The number of hydrogen-bond donors (Lipinski definition) is 0. The summed E-state index contributed by atoms with van der Waals surface area (Å²) in [5.41, 5.74) is 2.09. The minimum absolute atomic E-state index is 0.563. The van der Waals surface area contributed by atoms with Crippen molar-refractivity contribution in [3.8, 4) is 0 Å². The predicted octanol–water partition coefficient (Wildman–Crippen LogP) is 5.11. The molecule has 0 heterocycles. The van der Waals surface area contributed by atoms with E-state index in [4.69, 9.17) is 0 Å². The summed E-state index contributed by atoms with van der Waals surface area (Å²) in [6.07, 6.45) is 0.852. The van der Waals surface area contributed by atoms with E-state index in [1.165, 1.54) is 23.9 Å². The lowest BCUT2D eigenvalue weighted by atomic mass is 10.1. The van der Waals surface area contributed by atoms with Gasteiger partial charge in [0.25, 0.3) is 0 Å². The van der Waals surface area contributed by atoms with E-state index in [0.717, 1.165) is 30.5 Å². The van der Waals surface area contributed by atoms with Crippen molar-refractivity contribution < 1.29 is 13.2 Å². The highest BCUT2D eigenvalue weighted by molar-refractivity contribution is 5.82. The van der Waals surface area contributed by atoms with E-state index in [0.29, 0.717) is 5.56 Å². The second-order valence-corrected chi connectivity index (χ2v) is 5.10. The minimum Gasteiger partial charge on any atom is -0.166 e. The summed E-state index contributed by atoms with van der Waals surface area (Å²) >= 11 is 0. The SMILES string of the molecule is CCCc1ccc(/C=N/N=C/c2ccc(C(F)(F)F)cc2)cc1. The van der Waals surface area contributed by atoms with Crippen molar-refractivity contribution in [2.45, 2.75) is 25.9 Å². The van der Waals surface area contributed by atoms with E-state index in [2.05, 4.69) is 17.1 Å². The van der Waals surface area contributed by atoms with Gasteiger partial charge in [-0.3, -0.25) is 0 Å². The van der Waals surface area contributed by atoms with Crippen LogP contribution in [0.25, 0.3) is 0 Å². The zero-order valence-corrected chi connectivity index (χ0v) is 12.7. The molecule has 0 aliphatic heterocycles. The smallest absolute Gasteiger partial charge is 0.166 e. The second-order valence-electron chi connectivity index (χ2n) is 5.10. The molecular formula is C18H17F3N2. The number of halogens is 3. The Kier molecular flexibility index (Phi) is 5.68. The maximum Gasteiger partial charge on any atom is 0.416 e. The van der Waals surface area contributed by atoms with Gasteiger partial charge in [-0.2, -0.15) is 23.4 Å². The number of rotatable bonds is 5. The van der Waals surface area contributed by atoms with Crippen LogP contribution < -0.4 is 0 Å². The van der Waals surface area contributed by atoms with E-state index in [-0.39, 0.29) is 0 Å². The lowest BCUT2D eigenvalue weighted by Crippen LogP contribution is -2.04. The van der Waals surface area contributed by atoms with E-state index in [1.54, 1.807) is 6.21 Å². The van der Waals surface area contributed by atoms with Gasteiger partial charge in [-0.25, -0.2) is 0 Å². The Morgan fingerprint density at radius 2 is 1.30 bits per heavy atom. The molecule has 2 nitrogen and oxygen atoms in total. The molecule has 0 amide bonds. The van der Waals surface area contributed by atoms with Gasteiger partial charge in [0.2, 0.25) is 0 Å². The third-order valence-electron chi connectivity index (χ3n) is 3.24. The minimum atomic E-state index is -4.32. The van der Waals surface area contributed by atoms with Crippen molar-refractivity contribution in [1.82, 2.24) is 0 Å². The first-order valence-electron chi connectivity index (χ1n) is 7.31. The fourth-order valence-electron chi connectivity index (χ4n) is 2.02. The molecule has 0 aliphatic carbocycles. The van der Waals surface area contributed by atoms with Crippen molar-refractivity contribution in [2.24, 2.45) is 10.2 Å². The Morgan fingerprint density at radius 3 is 1.74 bits per heavy atom. The molecule has 0 unspecified atom stereocenters. The summed E-state index contributed by atoms with van der Waals surface area (Å²) in [5.74, 6) is 0. The van der Waals surface area contributed by atoms with Crippen LogP contribution in [0, 0.1) is 0 Å². The molecule has 0 aliphatic rings. The van der Waals surface area contributed by atoms with Crippen LogP contribution in [-0.4, -0.2) is 12.4 Å². The number of alkyl halides is 3. The molecular weight excluding hydrogens is 301 g/mol. The van der Waals surface area contributed by atoms with Crippen LogP contribution in [0.5, 0.6) is 0 Å². The summed E-state index contributed by atoms with van der Waals surface area (Å²) in [7, 11) is 0. The molecule has 0 aromatic heterocycles. The molecule has 2 rings (SSSR count). The largest absolute Gasteiger partial charge is 0.416 e. The van der Waals surface area contributed by atoms with Gasteiger partial charge < -0.3 is 0 Å². The highest BCUT2D eigenvalue weighted by Gasteiger charge is 2.29. The van der Waals surface area contributed by atoms with Crippen LogP contribution in [0.1, 0.15) is 35.6 Å². The van der Waals surface area contributed by atoms with Crippen molar-refractivity contribution >= 4 is 12.4 Å². The highest BCUT2D eigenvalue weighted by Crippen LogP contribution is 2.28. The number of nitrogens with zero attached hydrogens (tertiary/aromatic N) is 2. The van der Waals surface area contributed by atoms with E-state index in [1.807, 2.05) is 24.3 Å². The Morgan fingerprint density at radius 1 is 0.826 bits per heavy atom.